The Bertz CT molecular complexity index is 237. The summed E-state index contributed by atoms with van der Waals surface area (Å²) in [5.41, 5.74) is 1.02. The molecule has 1 aromatic rings. The summed E-state index contributed by atoms with van der Waals surface area (Å²) in [5.74, 6) is -0.259. The van der Waals surface area contributed by atoms with Crippen LogP contribution in [0.25, 0.3) is 0 Å². The monoisotopic (exact) mass is 176 g/mol. The molecule has 0 saturated carbocycles. The summed E-state index contributed by atoms with van der Waals surface area (Å²) < 4.78 is 12.7. The van der Waals surface area contributed by atoms with E-state index in [1.165, 1.54) is 6.07 Å². The van der Waals surface area contributed by atoms with Gasteiger partial charge in [0.2, 0.25) is 0 Å². The fourth-order valence-corrected chi connectivity index (χ4v) is 1.40. The van der Waals surface area contributed by atoms with Crippen molar-refractivity contribution in [3.63, 3.8) is 0 Å². The third-order valence-corrected chi connectivity index (χ3v) is 2.15. The molecule has 0 spiro atoms. The van der Waals surface area contributed by atoms with Gasteiger partial charge in [0.1, 0.15) is 5.82 Å². The van der Waals surface area contributed by atoms with Gasteiger partial charge in [0, 0.05) is 0 Å². The second-order valence-corrected chi connectivity index (χ2v) is 3.07. The average molecular weight is 177 g/mol. The smallest absolute Gasteiger partial charge is 0.137 e. The van der Waals surface area contributed by atoms with Crippen LogP contribution in [0.2, 0.25) is 0 Å². The van der Waals surface area contributed by atoms with E-state index in [0.29, 0.717) is 4.90 Å². The molecule has 0 bridgehead atoms. The van der Waals surface area contributed by atoms with Gasteiger partial charge in [-0.25, -0.2) is 4.39 Å². The first-order valence-electron chi connectivity index (χ1n) is 2.79. The molecule has 0 saturated heterocycles. The normalized spacial score (nSPS) is 9.90. The zero-order chi connectivity index (χ0) is 7.56. The standard InChI is InChI=1S/C7H6ClFS/c1-5-2-3-6(9)7(4-5)10-8/h2-4H,1H3. The molecule has 0 aliphatic heterocycles. The molecule has 0 fully saturated rings. The predicted octanol–water partition coefficient (Wildman–Crippen LogP) is 3.38. The first-order valence-corrected chi connectivity index (χ1v) is 4.43. The molecule has 0 unspecified atom stereocenters. The molecule has 0 radical (unpaired) electrons. The highest BCUT2D eigenvalue weighted by molar-refractivity contribution is 8.21. The summed E-state index contributed by atoms with van der Waals surface area (Å²) >= 11 is 0. The molecule has 0 aliphatic carbocycles. The fourth-order valence-electron chi connectivity index (χ4n) is 0.670. The van der Waals surface area contributed by atoms with Gasteiger partial charge >= 0.3 is 0 Å². The van der Waals surface area contributed by atoms with Crippen molar-refractivity contribution >= 4 is 21.7 Å². The Labute approximate surface area is 67.9 Å². The molecule has 10 heavy (non-hydrogen) atoms. The van der Waals surface area contributed by atoms with Gasteiger partial charge in [-0.05, 0) is 46.3 Å². The van der Waals surface area contributed by atoms with E-state index in [-0.39, 0.29) is 5.82 Å². The Hall–Kier alpha value is -0.210. The molecule has 0 aliphatic rings. The summed E-state index contributed by atoms with van der Waals surface area (Å²) in [6, 6.07) is 4.85. The quantitative estimate of drug-likeness (QED) is 0.632. The van der Waals surface area contributed by atoms with Crippen molar-refractivity contribution in [3.8, 4) is 0 Å². The Kier molecular flexibility index (Phi) is 2.57. The van der Waals surface area contributed by atoms with Crippen molar-refractivity contribution in [2.75, 3.05) is 0 Å². The molecule has 1 aromatic carbocycles. The predicted molar refractivity (Wildman–Crippen MR) is 42.8 cm³/mol. The van der Waals surface area contributed by atoms with E-state index in [0.717, 1.165) is 16.5 Å². The molecule has 0 nitrogen and oxygen atoms in total. The van der Waals surface area contributed by atoms with Crippen LogP contribution < -0.4 is 0 Å². The van der Waals surface area contributed by atoms with Crippen LogP contribution in [0, 0.1) is 12.7 Å². The summed E-state index contributed by atoms with van der Waals surface area (Å²) in [4.78, 5) is 0.488. The number of aryl methyl sites for hydroxylation is 1. The van der Waals surface area contributed by atoms with Crippen LogP contribution in [0.1, 0.15) is 5.56 Å². The lowest BCUT2D eigenvalue weighted by Gasteiger charge is -1.96. The SMILES string of the molecule is Cc1ccc(F)c(SCl)c1. The van der Waals surface area contributed by atoms with Gasteiger partial charge in [0.15, 0.2) is 0 Å². The maximum absolute atomic E-state index is 12.7. The van der Waals surface area contributed by atoms with E-state index < -0.39 is 0 Å². The first kappa shape index (κ1) is 7.89. The van der Waals surface area contributed by atoms with Crippen LogP contribution in [-0.2, 0) is 0 Å². The molecular weight excluding hydrogens is 171 g/mol. The Balaban J connectivity index is 3.09. The molecule has 0 amide bonds. The number of benzene rings is 1. The van der Waals surface area contributed by atoms with Gasteiger partial charge < -0.3 is 0 Å². The summed E-state index contributed by atoms with van der Waals surface area (Å²) in [7, 11) is 6.29. The largest absolute Gasteiger partial charge is 0.206 e. The van der Waals surface area contributed by atoms with Crippen molar-refractivity contribution in [1.82, 2.24) is 0 Å². The molecule has 0 aromatic heterocycles. The second kappa shape index (κ2) is 3.26. The number of halogens is 2. The van der Waals surface area contributed by atoms with Crippen LogP contribution in [-0.4, -0.2) is 0 Å². The number of rotatable bonds is 1. The lowest BCUT2D eigenvalue weighted by Crippen LogP contribution is -1.79. The Morgan fingerprint density at radius 2 is 2.20 bits per heavy atom. The highest BCUT2D eigenvalue weighted by Gasteiger charge is 1.99. The lowest BCUT2D eigenvalue weighted by molar-refractivity contribution is 0.602. The average Bonchev–Trinajstić information content (AvgIpc) is 1.94. The Morgan fingerprint density at radius 1 is 1.50 bits per heavy atom. The van der Waals surface area contributed by atoms with Gasteiger partial charge in [-0.2, -0.15) is 0 Å². The first-order chi connectivity index (χ1) is 4.74. The minimum Gasteiger partial charge on any atom is -0.206 e. The summed E-state index contributed by atoms with van der Waals surface area (Å²) in [5, 5.41) is 0. The molecule has 0 atom stereocenters. The third-order valence-electron chi connectivity index (χ3n) is 1.17. The van der Waals surface area contributed by atoms with Crippen LogP contribution in [0.15, 0.2) is 23.1 Å². The van der Waals surface area contributed by atoms with Gasteiger partial charge in [-0.15, -0.1) is 0 Å². The zero-order valence-electron chi connectivity index (χ0n) is 5.40. The van der Waals surface area contributed by atoms with E-state index in [4.69, 9.17) is 10.7 Å². The van der Waals surface area contributed by atoms with Gasteiger partial charge in [-0.3, -0.25) is 0 Å². The van der Waals surface area contributed by atoms with Crippen molar-refractivity contribution in [2.45, 2.75) is 11.8 Å². The number of hydrogen-bond donors (Lipinski definition) is 0. The highest BCUT2D eigenvalue weighted by atomic mass is 35.7. The van der Waals surface area contributed by atoms with E-state index in [9.17, 15) is 4.39 Å². The van der Waals surface area contributed by atoms with Crippen molar-refractivity contribution in [3.05, 3.63) is 29.6 Å². The van der Waals surface area contributed by atoms with E-state index in [1.54, 1.807) is 12.1 Å². The zero-order valence-corrected chi connectivity index (χ0v) is 6.97. The van der Waals surface area contributed by atoms with E-state index in [2.05, 4.69) is 0 Å². The van der Waals surface area contributed by atoms with Crippen molar-refractivity contribution in [2.24, 2.45) is 0 Å². The van der Waals surface area contributed by atoms with Gasteiger partial charge in [0.05, 0.1) is 4.90 Å². The Morgan fingerprint density at radius 3 is 2.70 bits per heavy atom. The van der Waals surface area contributed by atoms with Crippen LogP contribution in [0.5, 0.6) is 0 Å². The summed E-state index contributed by atoms with van der Waals surface area (Å²) in [6.07, 6.45) is 0. The number of hydrogen-bond acceptors (Lipinski definition) is 1. The van der Waals surface area contributed by atoms with E-state index in [1.807, 2.05) is 6.92 Å². The van der Waals surface area contributed by atoms with Crippen LogP contribution in [0.4, 0.5) is 4.39 Å². The second-order valence-electron chi connectivity index (χ2n) is 2.01. The van der Waals surface area contributed by atoms with Crippen molar-refractivity contribution < 1.29 is 4.39 Å². The van der Waals surface area contributed by atoms with Gasteiger partial charge in [-0.1, -0.05) is 6.07 Å². The molecule has 3 heteroatoms. The maximum atomic E-state index is 12.7. The molecule has 0 N–H and O–H groups in total. The van der Waals surface area contributed by atoms with Gasteiger partial charge in [0.25, 0.3) is 0 Å². The molecule has 1 rings (SSSR count). The molecule has 54 valence electrons. The third kappa shape index (κ3) is 1.64. The molecular formula is C7H6ClFS. The van der Waals surface area contributed by atoms with Crippen LogP contribution in [0.3, 0.4) is 0 Å². The molecule has 0 heterocycles. The maximum Gasteiger partial charge on any atom is 0.137 e. The lowest BCUT2D eigenvalue weighted by atomic mass is 10.2. The fraction of sp³-hybridized carbons (Fsp3) is 0.143. The van der Waals surface area contributed by atoms with E-state index >= 15 is 0 Å². The van der Waals surface area contributed by atoms with Crippen molar-refractivity contribution in [1.29, 1.82) is 0 Å². The summed E-state index contributed by atoms with van der Waals surface area (Å²) in [6.45, 7) is 1.90. The topological polar surface area (TPSA) is 0 Å². The minimum absolute atomic E-state index is 0.259. The minimum atomic E-state index is -0.259. The van der Waals surface area contributed by atoms with Crippen LogP contribution >= 0.6 is 21.7 Å². The highest BCUT2D eigenvalue weighted by Crippen LogP contribution is 2.25.